The molecule has 0 saturated heterocycles. The Labute approximate surface area is 103 Å². The Balaban J connectivity index is 2.13. The van der Waals surface area contributed by atoms with Gasteiger partial charge in [-0.25, -0.2) is 4.98 Å². The van der Waals surface area contributed by atoms with Gasteiger partial charge in [-0.15, -0.1) is 11.3 Å². The largest absolute Gasteiger partial charge is 0.323 e. The van der Waals surface area contributed by atoms with Gasteiger partial charge < -0.3 is 5.73 Å². The van der Waals surface area contributed by atoms with E-state index in [0.29, 0.717) is 6.42 Å². The van der Waals surface area contributed by atoms with Crippen LogP contribution in [0.1, 0.15) is 23.7 Å². The van der Waals surface area contributed by atoms with Crippen LogP contribution in [0.4, 0.5) is 0 Å². The first-order chi connectivity index (χ1) is 7.72. The van der Waals surface area contributed by atoms with Crippen molar-refractivity contribution in [1.29, 1.82) is 0 Å². The van der Waals surface area contributed by atoms with Crippen molar-refractivity contribution in [1.82, 2.24) is 14.8 Å². The van der Waals surface area contributed by atoms with Crippen LogP contribution in [0.2, 0.25) is 5.02 Å². The van der Waals surface area contributed by atoms with Crippen molar-refractivity contribution in [3.05, 3.63) is 33.5 Å². The standard InChI is InChI=1S/C10H13ClN4S/c1-2-15-9(13-6-14-15)5-8(12)10-7(11)3-4-16-10/h3-4,6,8H,2,5,12H2,1H3. The van der Waals surface area contributed by atoms with Gasteiger partial charge in [0.1, 0.15) is 12.2 Å². The van der Waals surface area contributed by atoms with Gasteiger partial charge in [0.15, 0.2) is 0 Å². The van der Waals surface area contributed by atoms with Crippen LogP contribution in [-0.4, -0.2) is 14.8 Å². The highest BCUT2D eigenvalue weighted by Gasteiger charge is 2.15. The molecule has 1 unspecified atom stereocenters. The van der Waals surface area contributed by atoms with Crippen LogP contribution in [0.15, 0.2) is 17.8 Å². The Hall–Kier alpha value is -0.910. The number of hydrogen-bond donors (Lipinski definition) is 1. The summed E-state index contributed by atoms with van der Waals surface area (Å²) >= 11 is 7.61. The number of nitrogens with two attached hydrogens (primary N) is 1. The molecule has 0 spiro atoms. The van der Waals surface area contributed by atoms with E-state index in [2.05, 4.69) is 10.1 Å². The zero-order valence-corrected chi connectivity index (χ0v) is 10.5. The third kappa shape index (κ3) is 2.26. The van der Waals surface area contributed by atoms with Gasteiger partial charge in [-0.1, -0.05) is 11.6 Å². The van der Waals surface area contributed by atoms with Gasteiger partial charge in [0.05, 0.1) is 5.02 Å². The van der Waals surface area contributed by atoms with Gasteiger partial charge in [0, 0.05) is 23.9 Å². The number of halogens is 1. The molecule has 2 rings (SSSR count). The second-order valence-corrected chi connectivity index (χ2v) is 4.79. The van der Waals surface area contributed by atoms with Crippen LogP contribution in [0.3, 0.4) is 0 Å². The summed E-state index contributed by atoms with van der Waals surface area (Å²) in [6.45, 7) is 2.84. The maximum Gasteiger partial charge on any atom is 0.138 e. The van der Waals surface area contributed by atoms with Crippen LogP contribution in [0.25, 0.3) is 0 Å². The van der Waals surface area contributed by atoms with Gasteiger partial charge >= 0.3 is 0 Å². The summed E-state index contributed by atoms with van der Waals surface area (Å²) < 4.78 is 1.85. The summed E-state index contributed by atoms with van der Waals surface area (Å²) in [6.07, 6.45) is 2.22. The van der Waals surface area contributed by atoms with E-state index in [1.54, 1.807) is 17.7 Å². The lowest BCUT2D eigenvalue weighted by atomic mass is 10.2. The number of aryl methyl sites for hydroxylation is 1. The monoisotopic (exact) mass is 256 g/mol. The molecule has 2 heterocycles. The molecule has 2 N–H and O–H groups in total. The normalized spacial score (nSPS) is 12.9. The minimum Gasteiger partial charge on any atom is -0.323 e. The predicted octanol–water partition coefficient (Wildman–Crippen LogP) is 2.26. The Bertz CT molecular complexity index is 465. The molecule has 4 nitrogen and oxygen atoms in total. The van der Waals surface area contributed by atoms with Crippen LogP contribution in [0.5, 0.6) is 0 Å². The summed E-state index contributed by atoms with van der Waals surface area (Å²) in [5.74, 6) is 0.902. The van der Waals surface area contributed by atoms with Crippen LogP contribution in [0, 0.1) is 0 Å². The molecule has 0 aromatic carbocycles. The minimum absolute atomic E-state index is 0.109. The molecular formula is C10H13ClN4S. The van der Waals surface area contributed by atoms with Crippen LogP contribution >= 0.6 is 22.9 Å². The van der Waals surface area contributed by atoms with E-state index in [9.17, 15) is 0 Å². The van der Waals surface area contributed by atoms with E-state index in [0.717, 1.165) is 22.3 Å². The van der Waals surface area contributed by atoms with Crippen LogP contribution in [-0.2, 0) is 13.0 Å². The second kappa shape index (κ2) is 4.95. The molecule has 0 aliphatic heterocycles. The highest BCUT2D eigenvalue weighted by molar-refractivity contribution is 7.10. The van der Waals surface area contributed by atoms with Crippen molar-refractivity contribution in [3.63, 3.8) is 0 Å². The lowest BCUT2D eigenvalue weighted by molar-refractivity contribution is 0.584. The third-order valence-corrected chi connectivity index (χ3v) is 3.87. The fourth-order valence-corrected chi connectivity index (χ4v) is 2.77. The minimum atomic E-state index is -0.109. The van der Waals surface area contributed by atoms with Gasteiger partial charge in [0.25, 0.3) is 0 Å². The summed E-state index contributed by atoms with van der Waals surface area (Å²) in [5, 5.41) is 6.79. The zero-order chi connectivity index (χ0) is 11.5. The molecule has 0 aliphatic rings. The van der Waals surface area contributed by atoms with Crippen molar-refractivity contribution < 1.29 is 0 Å². The molecular weight excluding hydrogens is 244 g/mol. The molecule has 1 atom stereocenters. The van der Waals surface area contributed by atoms with Gasteiger partial charge in [-0.3, -0.25) is 4.68 Å². The van der Waals surface area contributed by atoms with Crippen molar-refractivity contribution in [2.75, 3.05) is 0 Å². The first-order valence-electron chi connectivity index (χ1n) is 5.07. The van der Waals surface area contributed by atoms with E-state index < -0.39 is 0 Å². The maximum absolute atomic E-state index is 6.10. The molecule has 0 fully saturated rings. The first kappa shape index (κ1) is 11.6. The summed E-state index contributed by atoms with van der Waals surface area (Å²) in [4.78, 5) is 5.21. The number of nitrogens with zero attached hydrogens (tertiary/aromatic N) is 3. The number of rotatable bonds is 4. The second-order valence-electron chi connectivity index (χ2n) is 3.44. The van der Waals surface area contributed by atoms with Crippen molar-refractivity contribution in [2.45, 2.75) is 25.9 Å². The van der Waals surface area contributed by atoms with E-state index >= 15 is 0 Å². The van der Waals surface area contributed by atoms with E-state index in [1.807, 2.05) is 23.1 Å². The number of aromatic nitrogens is 3. The molecule has 86 valence electrons. The highest BCUT2D eigenvalue weighted by atomic mass is 35.5. The molecule has 0 radical (unpaired) electrons. The maximum atomic E-state index is 6.10. The average Bonchev–Trinajstić information content (AvgIpc) is 2.86. The quantitative estimate of drug-likeness (QED) is 0.913. The Kier molecular flexibility index (Phi) is 3.58. The lowest BCUT2D eigenvalue weighted by Crippen LogP contribution is -2.16. The Morgan fingerprint density at radius 1 is 1.62 bits per heavy atom. The molecule has 6 heteroatoms. The molecule has 0 aliphatic carbocycles. The Morgan fingerprint density at radius 2 is 2.44 bits per heavy atom. The molecule has 16 heavy (non-hydrogen) atoms. The van der Waals surface area contributed by atoms with E-state index in [-0.39, 0.29) is 6.04 Å². The summed E-state index contributed by atoms with van der Waals surface area (Å²) in [6, 6.07) is 1.76. The third-order valence-electron chi connectivity index (χ3n) is 2.38. The van der Waals surface area contributed by atoms with E-state index in [1.165, 1.54) is 0 Å². The Morgan fingerprint density at radius 3 is 3.06 bits per heavy atom. The van der Waals surface area contributed by atoms with Gasteiger partial charge in [-0.05, 0) is 18.4 Å². The van der Waals surface area contributed by atoms with E-state index in [4.69, 9.17) is 17.3 Å². The number of hydrogen-bond acceptors (Lipinski definition) is 4. The van der Waals surface area contributed by atoms with Crippen molar-refractivity contribution in [3.8, 4) is 0 Å². The zero-order valence-electron chi connectivity index (χ0n) is 8.93. The fourth-order valence-electron chi connectivity index (χ4n) is 1.57. The van der Waals surface area contributed by atoms with Gasteiger partial charge in [0.2, 0.25) is 0 Å². The van der Waals surface area contributed by atoms with Gasteiger partial charge in [-0.2, -0.15) is 5.10 Å². The molecule has 0 saturated carbocycles. The van der Waals surface area contributed by atoms with Crippen LogP contribution < -0.4 is 5.73 Å². The lowest BCUT2D eigenvalue weighted by Gasteiger charge is -2.10. The molecule has 2 aromatic heterocycles. The summed E-state index contributed by atoms with van der Waals surface area (Å²) in [7, 11) is 0. The molecule has 0 amide bonds. The predicted molar refractivity (Wildman–Crippen MR) is 65.7 cm³/mol. The number of thiophene rings is 1. The smallest absolute Gasteiger partial charge is 0.138 e. The summed E-state index contributed by atoms with van der Waals surface area (Å²) in [5.41, 5.74) is 6.10. The molecule has 0 bridgehead atoms. The molecule has 2 aromatic rings. The fraction of sp³-hybridized carbons (Fsp3) is 0.400. The highest BCUT2D eigenvalue weighted by Crippen LogP contribution is 2.28. The average molecular weight is 257 g/mol. The van der Waals surface area contributed by atoms with Crippen molar-refractivity contribution in [2.24, 2.45) is 5.73 Å². The van der Waals surface area contributed by atoms with Crippen molar-refractivity contribution >= 4 is 22.9 Å². The first-order valence-corrected chi connectivity index (χ1v) is 6.33. The topological polar surface area (TPSA) is 56.7 Å². The SMILES string of the molecule is CCn1ncnc1CC(N)c1sccc1Cl.